The molecule has 0 radical (unpaired) electrons. The van der Waals surface area contributed by atoms with E-state index in [-0.39, 0.29) is 5.57 Å². The van der Waals surface area contributed by atoms with E-state index in [1.54, 1.807) is 38.1 Å². The number of aliphatic carboxylic acids is 1. The first-order chi connectivity index (χ1) is 9.47. The van der Waals surface area contributed by atoms with Crippen molar-refractivity contribution < 1.29 is 9.90 Å². The molecule has 1 N–H and O–H groups in total. The highest BCUT2D eigenvalue weighted by Gasteiger charge is 2.37. The van der Waals surface area contributed by atoms with Gasteiger partial charge in [0.15, 0.2) is 0 Å². The second kappa shape index (κ2) is 5.48. The summed E-state index contributed by atoms with van der Waals surface area (Å²) in [6, 6.07) is 9.15. The van der Waals surface area contributed by atoms with Crippen molar-refractivity contribution in [2.24, 2.45) is 10.9 Å². The molecule has 1 aliphatic heterocycles. The van der Waals surface area contributed by atoms with Crippen molar-refractivity contribution in [3.05, 3.63) is 46.1 Å². The van der Waals surface area contributed by atoms with E-state index < -0.39 is 17.8 Å². The number of carboxylic acids is 1. The zero-order chi connectivity index (χ0) is 14.9. The fourth-order valence-electron chi connectivity index (χ4n) is 2.55. The standard InChI is InChI=1S/C15H13ClN2O2/c1-8-11(7-17)14(10-5-3-4-6-12(10)16)13(15(19)20)9(2)18-8/h3-6,11,14H,1-2H3,(H,19,20). The molecule has 0 fully saturated rings. The van der Waals surface area contributed by atoms with Gasteiger partial charge in [-0.2, -0.15) is 5.26 Å². The molecule has 2 unspecified atom stereocenters. The molecule has 1 aromatic rings. The van der Waals surface area contributed by atoms with Crippen molar-refractivity contribution >= 4 is 23.3 Å². The van der Waals surface area contributed by atoms with Crippen LogP contribution in [0.2, 0.25) is 5.02 Å². The van der Waals surface area contributed by atoms with Gasteiger partial charge in [-0.25, -0.2) is 4.79 Å². The van der Waals surface area contributed by atoms with Crippen molar-refractivity contribution in [2.45, 2.75) is 19.8 Å². The minimum atomic E-state index is -1.07. The number of carbonyl (C=O) groups is 1. The van der Waals surface area contributed by atoms with Crippen LogP contribution in [0.3, 0.4) is 0 Å². The van der Waals surface area contributed by atoms with Gasteiger partial charge in [-0.1, -0.05) is 29.8 Å². The van der Waals surface area contributed by atoms with Gasteiger partial charge in [0, 0.05) is 22.3 Å². The van der Waals surface area contributed by atoms with Crippen LogP contribution in [0, 0.1) is 17.2 Å². The number of hydrogen-bond donors (Lipinski definition) is 1. The Hall–Kier alpha value is -2.12. The topological polar surface area (TPSA) is 73.4 Å². The summed E-state index contributed by atoms with van der Waals surface area (Å²) in [6.07, 6.45) is 0. The summed E-state index contributed by atoms with van der Waals surface area (Å²) in [5.41, 5.74) is 1.81. The minimum absolute atomic E-state index is 0.134. The van der Waals surface area contributed by atoms with Gasteiger partial charge < -0.3 is 5.11 Å². The van der Waals surface area contributed by atoms with Gasteiger partial charge in [0.2, 0.25) is 0 Å². The lowest BCUT2D eigenvalue weighted by molar-refractivity contribution is -0.133. The maximum absolute atomic E-state index is 11.5. The number of halogens is 1. The molecule has 0 aliphatic carbocycles. The summed E-state index contributed by atoms with van der Waals surface area (Å²) in [5, 5.41) is 19.3. The molecule has 0 saturated heterocycles. The van der Waals surface area contributed by atoms with Crippen LogP contribution in [0.15, 0.2) is 40.5 Å². The van der Waals surface area contributed by atoms with Crippen LogP contribution in [-0.4, -0.2) is 16.8 Å². The van der Waals surface area contributed by atoms with Crippen molar-refractivity contribution in [1.29, 1.82) is 5.26 Å². The second-order valence-corrected chi connectivity index (χ2v) is 5.07. The molecule has 0 bridgehead atoms. The van der Waals surface area contributed by atoms with Crippen LogP contribution in [0.25, 0.3) is 0 Å². The molecule has 2 rings (SSSR count). The SMILES string of the molecule is CC1=NC(C)=C(C(=O)O)C(c2ccccc2Cl)C1C#N. The average Bonchev–Trinajstić information content (AvgIpc) is 2.38. The number of rotatable bonds is 2. The van der Waals surface area contributed by atoms with Gasteiger partial charge in [-0.05, 0) is 25.5 Å². The molecular weight excluding hydrogens is 276 g/mol. The Balaban J connectivity index is 2.69. The number of aliphatic imine (C=N–C) groups is 1. The summed E-state index contributed by atoms with van der Waals surface area (Å²) in [4.78, 5) is 15.7. The van der Waals surface area contributed by atoms with E-state index in [4.69, 9.17) is 11.6 Å². The van der Waals surface area contributed by atoms with Gasteiger partial charge in [0.25, 0.3) is 0 Å². The predicted octanol–water partition coefficient (Wildman–Crippen LogP) is 3.40. The number of hydrogen-bond acceptors (Lipinski definition) is 3. The Bertz CT molecular complexity index is 671. The third-order valence-corrected chi connectivity index (χ3v) is 3.78. The summed E-state index contributed by atoms with van der Waals surface area (Å²) in [7, 11) is 0. The number of nitrogens with zero attached hydrogens (tertiary/aromatic N) is 2. The quantitative estimate of drug-likeness (QED) is 0.906. The fraction of sp³-hybridized carbons (Fsp3) is 0.267. The monoisotopic (exact) mass is 288 g/mol. The fourth-order valence-corrected chi connectivity index (χ4v) is 2.80. The van der Waals surface area contributed by atoms with E-state index in [1.165, 1.54) is 0 Å². The summed E-state index contributed by atoms with van der Waals surface area (Å²) in [5.74, 6) is -2.28. The van der Waals surface area contributed by atoms with E-state index >= 15 is 0 Å². The molecule has 20 heavy (non-hydrogen) atoms. The van der Waals surface area contributed by atoms with Gasteiger partial charge in [-0.3, -0.25) is 4.99 Å². The summed E-state index contributed by atoms with van der Waals surface area (Å²) < 4.78 is 0. The van der Waals surface area contributed by atoms with E-state index in [0.717, 1.165) is 0 Å². The lowest BCUT2D eigenvalue weighted by atomic mass is 9.76. The number of allylic oxidation sites excluding steroid dienone is 1. The van der Waals surface area contributed by atoms with E-state index in [0.29, 0.717) is 22.0 Å². The molecule has 1 heterocycles. The molecular formula is C15H13ClN2O2. The van der Waals surface area contributed by atoms with E-state index in [9.17, 15) is 15.2 Å². The van der Waals surface area contributed by atoms with Gasteiger partial charge in [0.1, 0.15) is 0 Å². The van der Waals surface area contributed by atoms with E-state index in [1.807, 2.05) is 0 Å². The lowest BCUT2D eigenvalue weighted by Gasteiger charge is -2.28. The summed E-state index contributed by atoms with van der Waals surface area (Å²) in [6.45, 7) is 3.38. The smallest absolute Gasteiger partial charge is 0.334 e. The zero-order valence-corrected chi connectivity index (χ0v) is 11.8. The largest absolute Gasteiger partial charge is 0.478 e. The Morgan fingerprint density at radius 3 is 2.60 bits per heavy atom. The minimum Gasteiger partial charge on any atom is -0.478 e. The maximum atomic E-state index is 11.5. The van der Waals surface area contributed by atoms with Crippen molar-refractivity contribution in [2.75, 3.05) is 0 Å². The van der Waals surface area contributed by atoms with Gasteiger partial charge >= 0.3 is 5.97 Å². The Morgan fingerprint density at radius 1 is 1.40 bits per heavy atom. The molecule has 0 amide bonds. The molecule has 5 heteroatoms. The third kappa shape index (κ3) is 2.33. The Labute approximate surface area is 122 Å². The van der Waals surface area contributed by atoms with E-state index in [2.05, 4.69) is 11.1 Å². The molecule has 2 atom stereocenters. The first kappa shape index (κ1) is 14.3. The number of benzene rings is 1. The molecule has 0 saturated carbocycles. The van der Waals surface area contributed by atoms with Crippen molar-refractivity contribution in [1.82, 2.24) is 0 Å². The zero-order valence-electron chi connectivity index (χ0n) is 11.1. The highest BCUT2D eigenvalue weighted by Crippen LogP contribution is 2.41. The predicted molar refractivity (Wildman–Crippen MR) is 76.7 cm³/mol. The number of carboxylic acid groups (broad SMARTS) is 1. The Morgan fingerprint density at radius 2 is 2.05 bits per heavy atom. The second-order valence-electron chi connectivity index (χ2n) is 4.66. The lowest BCUT2D eigenvalue weighted by Crippen LogP contribution is -2.28. The Kier molecular flexibility index (Phi) is 3.91. The van der Waals surface area contributed by atoms with Gasteiger partial charge in [-0.15, -0.1) is 0 Å². The number of nitriles is 1. The van der Waals surface area contributed by atoms with Crippen LogP contribution in [0.5, 0.6) is 0 Å². The van der Waals surface area contributed by atoms with Crippen LogP contribution < -0.4 is 0 Å². The van der Waals surface area contributed by atoms with Crippen molar-refractivity contribution in [3.63, 3.8) is 0 Å². The van der Waals surface area contributed by atoms with Crippen LogP contribution in [0.1, 0.15) is 25.3 Å². The third-order valence-electron chi connectivity index (χ3n) is 3.44. The first-order valence-electron chi connectivity index (χ1n) is 6.10. The van der Waals surface area contributed by atoms with Gasteiger partial charge in [0.05, 0.1) is 17.6 Å². The highest BCUT2D eigenvalue weighted by molar-refractivity contribution is 6.31. The normalized spacial score (nSPS) is 22.2. The highest BCUT2D eigenvalue weighted by atomic mass is 35.5. The molecule has 4 nitrogen and oxygen atoms in total. The van der Waals surface area contributed by atoms with Crippen LogP contribution in [0.4, 0.5) is 0 Å². The van der Waals surface area contributed by atoms with Crippen molar-refractivity contribution in [3.8, 4) is 6.07 Å². The molecule has 1 aromatic carbocycles. The van der Waals surface area contributed by atoms with Crippen LogP contribution in [-0.2, 0) is 4.79 Å². The molecule has 0 spiro atoms. The molecule has 0 aromatic heterocycles. The average molecular weight is 289 g/mol. The first-order valence-corrected chi connectivity index (χ1v) is 6.48. The molecule has 102 valence electrons. The molecule has 1 aliphatic rings. The summed E-state index contributed by atoms with van der Waals surface area (Å²) >= 11 is 6.18. The van der Waals surface area contributed by atoms with Crippen LogP contribution >= 0.6 is 11.6 Å². The maximum Gasteiger partial charge on any atom is 0.334 e.